The van der Waals surface area contributed by atoms with Crippen LogP contribution in [0.15, 0.2) is 43.0 Å². The van der Waals surface area contributed by atoms with E-state index in [9.17, 15) is 26.3 Å². The predicted molar refractivity (Wildman–Crippen MR) is 124 cm³/mol. The number of likely N-dealkylation sites (N-methyl/N-ethyl adjacent to an activating group) is 1. The molecule has 216 valence electrons. The molecule has 2 fully saturated rings. The Kier molecular flexibility index (Phi) is 11.0. The highest BCUT2D eigenvalue weighted by molar-refractivity contribution is 5.73. The maximum absolute atomic E-state index is 10.6. The standard InChI is InChI=1S/C19H25N5O.2C2HF3O2/c1-23(14-16-3-9-20-10-4-16)17-13-19(25-15-17)5-11-24(12-6-19)18-21-7-2-8-22-18;2*3-2(4,5)1(6)7/h2-4,7-10,17H,5-6,11-15H2,1H3;2*(H,6,7). The molecule has 0 radical (unpaired) electrons. The van der Waals surface area contributed by atoms with Gasteiger partial charge in [-0.1, -0.05) is 0 Å². The van der Waals surface area contributed by atoms with Gasteiger partial charge in [-0.15, -0.1) is 0 Å². The van der Waals surface area contributed by atoms with Gasteiger partial charge in [-0.05, 0) is 50.1 Å². The van der Waals surface area contributed by atoms with E-state index >= 15 is 0 Å². The molecule has 39 heavy (non-hydrogen) atoms. The molecule has 16 heteroatoms. The average Bonchev–Trinajstić information content (AvgIpc) is 3.29. The minimum Gasteiger partial charge on any atom is -0.475 e. The van der Waals surface area contributed by atoms with Crippen molar-refractivity contribution in [1.29, 1.82) is 0 Å². The van der Waals surface area contributed by atoms with Gasteiger partial charge in [0.2, 0.25) is 5.95 Å². The smallest absolute Gasteiger partial charge is 0.475 e. The van der Waals surface area contributed by atoms with E-state index in [2.05, 4.69) is 43.9 Å². The number of halogens is 6. The van der Waals surface area contributed by atoms with E-state index in [4.69, 9.17) is 24.5 Å². The molecule has 0 aromatic carbocycles. The maximum atomic E-state index is 10.6. The molecule has 2 aromatic rings. The Bertz CT molecular complexity index is 1030. The van der Waals surface area contributed by atoms with Crippen molar-refractivity contribution in [3.63, 3.8) is 0 Å². The van der Waals surface area contributed by atoms with Gasteiger partial charge in [-0.3, -0.25) is 9.88 Å². The van der Waals surface area contributed by atoms with Crippen molar-refractivity contribution in [3.05, 3.63) is 48.5 Å². The van der Waals surface area contributed by atoms with Crippen LogP contribution in [0.5, 0.6) is 0 Å². The minimum atomic E-state index is -5.08. The summed E-state index contributed by atoms with van der Waals surface area (Å²) in [6.07, 6.45) is 0.369. The molecule has 10 nitrogen and oxygen atoms in total. The lowest BCUT2D eigenvalue weighted by atomic mass is 9.87. The van der Waals surface area contributed by atoms with Crippen molar-refractivity contribution in [1.82, 2.24) is 19.9 Å². The van der Waals surface area contributed by atoms with Crippen LogP contribution < -0.4 is 4.90 Å². The van der Waals surface area contributed by atoms with Gasteiger partial charge in [0.1, 0.15) is 0 Å². The van der Waals surface area contributed by atoms with Gasteiger partial charge in [0, 0.05) is 50.5 Å². The second-order valence-electron chi connectivity index (χ2n) is 8.76. The SMILES string of the molecule is CN(Cc1ccncc1)C1COC2(CCN(c3ncccn3)CC2)C1.O=C(O)C(F)(F)F.O=C(O)C(F)(F)F. The van der Waals surface area contributed by atoms with Gasteiger partial charge in [-0.25, -0.2) is 19.6 Å². The average molecular weight is 567 g/mol. The molecule has 1 unspecified atom stereocenters. The maximum Gasteiger partial charge on any atom is 0.490 e. The van der Waals surface area contributed by atoms with Crippen LogP contribution in [0.2, 0.25) is 0 Å². The van der Waals surface area contributed by atoms with Crippen LogP contribution in [-0.2, 0) is 20.9 Å². The summed E-state index contributed by atoms with van der Waals surface area (Å²) in [5, 5.41) is 14.2. The zero-order valence-corrected chi connectivity index (χ0v) is 20.7. The number of carboxylic acid groups (broad SMARTS) is 2. The Morgan fingerprint density at radius 2 is 1.49 bits per heavy atom. The first kappa shape index (κ1) is 31.7. The number of ether oxygens (including phenoxy) is 1. The number of aromatic nitrogens is 3. The number of anilines is 1. The summed E-state index contributed by atoms with van der Waals surface area (Å²) >= 11 is 0. The van der Waals surface area contributed by atoms with Crippen molar-refractivity contribution in [2.24, 2.45) is 0 Å². The highest BCUT2D eigenvalue weighted by Crippen LogP contribution is 2.38. The van der Waals surface area contributed by atoms with E-state index in [1.807, 2.05) is 30.9 Å². The zero-order chi connectivity index (χ0) is 29.3. The van der Waals surface area contributed by atoms with Gasteiger partial charge in [-0.2, -0.15) is 26.3 Å². The molecular weight excluding hydrogens is 540 g/mol. The molecule has 0 bridgehead atoms. The third-order valence-electron chi connectivity index (χ3n) is 5.99. The van der Waals surface area contributed by atoms with Crippen molar-refractivity contribution in [2.75, 3.05) is 31.6 Å². The summed E-state index contributed by atoms with van der Waals surface area (Å²) in [7, 11) is 2.19. The largest absolute Gasteiger partial charge is 0.490 e. The van der Waals surface area contributed by atoms with Crippen LogP contribution in [0.3, 0.4) is 0 Å². The number of hydrogen-bond donors (Lipinski definition) is 2. The van der Waals surface area contributed by atoms with Crippen molar-refractivity contribution >= 4 is 17.9 Å². The fraction of sp³-hybridized carbons (Fsp3) is 0.522. The second kappa shape index (κ2) is 13.5. The van der Waals surface area contributed by atoms with Gasteiger partial charge < -0.3 is 19.8 Å². The van der Waals surface area contributed by atoms with Gasteiger partial charge >= 0.3 is 24.3 Å². The Hall–Kier alpha value is -3.53. The fourth-order valence-corrected chi connectivity index (χ4v) is 3.93. The van der Waals surface area contributed by atoms with Crippen LogP contribution in [0, 0.1) is 0 Å². The molecule has 0 saturated carbocycles. The molecule has 1 atom stereocenters. The molecule has 4 heterocycles. The molecule has 2 saturated heterocycles. The summed E-state index contributed by atoms with van der Waals surface area (Å²) in [4.78, 5) is 35.3. The van der Waals surface area contributed by atoms with Crippen LogP contribution in [-0.4, -0.2) is 92.7 Å². The Labute approximate surface area is 219 Å². The van der Waals surface area contributed by atoms with Crippen molar-refractivity contribution in [3.8, 4) is 0 Å². The lowest BCUT2D eigenvalue weighted by Gasteiger charge is -2.38. The fourth-order valence-electron chi connectivity index (χ4n) is 3.93. The molecule has 2 aliphatic rings. The van der Waals surface area contributed by atoms with Crippen LogP contribution in [0.4, 0.5) is 32.3 Å². The molecular formula is C23H27F6N5O5. The van der Waals surface area contributed by atoms with Crippen molar-refractivity contribution < 1.29 is 50.9 Å². The van der Waals surface area contributed by atoms with E-state index in [1.54, 1.807) is 0 Å². The second-order valence-corrected chi connectivity index (χ2v) is 8.76. The Morgan fingerprint density at radius 3 is 1.95 bits per heavy atom. The van der Waals surface area contributed by atoms with E-state index in [0.717, 1.165) is 51.5 Å². The summed E-state index contributed by atoms with van der Waals surface area (Å²) in [5.41, 5.74) is 1.33. The molecule has 2 N–H and O–H groups in total. The molecule has 0 amide bonds. The Balaban J connectivity index is 0.000000317. The number of carboxylic acids is 2. The summed E-state index contributed by atoms with van der Waals surface area (Å²) in [6, 6.07) is 6.51. The monoisotopic (exact) mass is 567 g/mol. The minimum absolute atomic E-state index is 0.0302. The van der Waals surface area contributed by atoms with Gasteiger partial charge in [0.05, 0.1) is 12.2 Å². The number of aliphatic carboxylic acids is 2. The predicted octanol–water partition coefficient (Wildman–Crippen LogP) is 3.40. The topological polar surface area (TPSA) is 129 Å². The van der Waals surface area contributed by atoms with Crippen LogP contribution in [0.1, 0.15) is 24.8 Å². The highest BCUT2D eigenvalue weighted by atomic mass is 19.4. The van der Waals surface area contributed by atoms with E-state index < -0.39 is 24.3 Å². The molecule has 4 rings (SSSR count). The van der Waals surface area contributed by atoms with Crippen LogP contribution >= 0.6 is 0 Å². The van der Waals surface area contributed by atoms with E-state index in [0.29, 0.717) is 6.04 Å². The van der Waals surface area contributed by atoms with Gasteiger partial charge in [0.25, 0.3) is 0 Å². The molecule has 1 spiro atoms. The first-order chi connectivity index (χ1) is 18.1. The summed E-state index contributed by atoms with van der Waals surface area (Å²) < 4.78 is 69.8. The van der Waals surface area contributed by atoms with Gasteiger partial charge in [0.15, 0.2) is 0 Å². The number of nitrogens with zero attached hydrogens (tertiary/aromatic N) is 5. The van der Waals surface area contributed by atoms with E-state index in [1.165, 1.54) is 5.56 Å². The molecule has 2 aliphatic heterocycles. The zero-order valence-electron chi connectivity index (χ0n) is 20.7. The normalized spacial score (nSPS) is 18.6. The summed E-state index contributed by atoms with van der Waals surface area (Å²) in [5.74, 6) is -4.68. The number of hydrogen-bond acceptors (Lipinski definition) is 8. The number of carbonyl (C=O) groups is 2. The first-order valence-corrected chi connectivity index (χ1v) is 11.5. The Morgan fingerprint density at radius 1 is 1.00 bits per heavy atom. The number of piperidine rings is 1. The van der Waals surface area contributed by atoms with Crippen molar-refractivity contribution in [2.45, 2.75) is 49.8 Å². The number of pyridine rings is 1. The highest BCUT2D eigenvalue weighted by Gasteiger charge is 2.44. The lowest BCUT2D eigenvalue weighted by Crippen LogP contribution is -2.45. The summed E-state index contributed by atoms with van der Waals surface area (Å²) in [6.45, 7) is 3.69. The number of rotatable bonds is 4. The molecule has 0 aliphatic carbocycles. The number of alkyl halides is 6. The lowest BCUT2D eigenvalue weighted by molar-refractivity contribution is -0.193. The van der Waals surface area contributed by atoms with E-state index in [-0.39, 0.29) is 5.60 Å². The quantitative estimate of drug-likeness (QED) is 0.531. The third kappa shape index (κ3) is 10.3. The van der Waals surface area contributed by atoms with Crippen LogP contribution in [0.25, 0.3) is 0 Å². The third-order valence-corrected chi connectivity index (χ3v) is 5.99. The molecule has 2 aromatic heterocycles. The first-order valence-electron chi connectivity index (χ1n) is 11.5.